The van der Waals surface area contributed by atoms with Crippen LogP contribution >= 0.6 is 0 Å². The van der Waals surface area contributed by atoms with Gasteiger partial charge in [-0.05, 0) is 30.7 Å². The van der Waals surface area contributed by atoms with E-state index in [1.165, 1.54) is 24.9 Å². The number of aliphatic carboxylic acids is 1. The van der Waals surface area contributed by atoms with Crippen molar-refractivity contribution in [1.29, 1.82) is 0 Å². The first-order valence-electron chi connectivity index (χ1n) is 11.0. The molecule has 1 atom stereocenters. The zero-order valence-corrected chi connectivity index (χ0v) is 19.7. The Morgan fingerprint density at radius 1 is 1.14 bits per heavy atom. The van der Waals surface area contributed by atoms with Crippen molar-refractivity contribution >= 4 is 52.5 Å². The van der Waals surface area contributed by atoms with Gasteiger partial charge in [-0.3, -0.25) is 29.5 Å². The van der Waals surface area contributed by atoms with E-state index < -0.39 is 29.4 Å². The van der Waals surface area contributed by atoms with Crippen molar-refractivity contribution in [3.63, 3.8) is 0 Å². The number of carboxylic acid groups (broad SMARTS) is 1. The molecular weight excluding hydrogens is 486 g/mol. The number of aliphatic imine (C=N–C) groups is 1. The minimum absolute atomic E-state index is 0.00228. The second-order valence-electron chi connectivity index (χ2n) is 8.08. The number of anilines is 2. The molecule has 1 aromatic carbocycles. The Kier molecular flexibility index (Phi) is 6.99. The molecule has 37 heavy (non-hydrogen) atoms. The predicted octanol–water partition coefficient (Wildman–Crippen LogP) is 0.761. The van der Waals surface area contributed by atoms with Crippen molar-refractivity contribution in [3.8, 4) is 0 Å². The normalized spacial score (nSPS) is 14.7. The third kappa shape index (κ3) is 5.80. The number of ether oxygens (including phenoxy) is 1. The first-order valence-corrected chi connectivity index (χ1v) is 11.0. The van der Waals surface area contributed by atoms with Crippen LogP contribution in [-0.2, 0) is 30.5 Å². The van der Waals surface area contributed by atoms with Crippen LogP contribution in [0.5, 0.6) is 0 Å². The lowest BCUT2D eigenvalue weighted by Gasteiger charge is -2.21. The number of carbonyl (C=O) groups is 4. The van der Waals surface area contributed by atoms with E-state index in [1.54, 1.807) is 24.3 Å². The lowest BCUT2D eigenvalue weighted by Crippen LogP contribution is -2.28. The van der Waals surface area contributed by atoms with Gasteiger partial charge in [-0.1, -0.05) is 0 Å². The zero-order valence-electron chi connectivity index (χ0n) is 19.7. The Morgan fingerprint density at radius 2 is 1.86 bits per heavy atom. The summed E-state index contributed by atoms with van der Waals surface area (Å²) in [6.45, 7) is 2.64. The molecule has 0 aliphatic carbocycles. The van der Waals surface area contributed by atoms with Gasteiger partial charge < -0.3 is 14.7 Å². The number of hydrogen-bond donors (Lipinski definition) is 3. The van der Waals surface area contributed by atoms with Crippen LogP contribution < -0.4 is 15.8 Å². The highest BCUT2D eigenvalue weighted by molar-refractivity contribution is 6.06. The summed E-state index contributed by atoms with van der Waals surface area (Å²) in [5.74, 6) is -2.34. The molecule has 0 fully saturated rings. The average molecular weight is 507 g/mol. The molecular formula is C23H21N7O7. The monoisotopic (exact) mass is 507 g/mol. The lowest BCUT2D eigenvalue weighted by atomic mass is 10.1. The maximum absolute atomic E-state index is 12.4. The number of carbonyl (C=O) groups excluding carboxylic acids is 3. The molecule has 14 nitrogen and oxygen atoms in total. The molecule has 0 saturated heterocycles. The number of esters is 1. The minimum atomic E-state index is -1.03. The Labute approximate surface area is 208 Å². The molecule has 0 spiro atoms. The standard InChI is InChI=1S/C23H21N7O7/c1-11(31)25-23-28-19-18(20(35)29-23)26-14(9-24-19)10-30(12(2)32)15-5-3-13(4-6-15)21-27-16(22(36)37-21)7-8-17(33)34/h3-6,9,16H,7-8,10H2,1-2H3,(H,33,34)(H2,24,25,28,29,31,35). The van der Waals surface area contributed by atoms with Crippen LogP contribution in [0, 0.1) is 0 Å². The molecule has 3 N–H and O–H groups in total. The molecule has 0 radical (unpaired) electrons. The van der Waals surface area contributed by atoms with Crippen LogP contribution in [0.25, 0.3) is 11.2 Å². The van der Waals surface area contributed by atoms with Crippen LogP contribution in [0.3, 0.4) is 0 Å². The van der Waals surface area contributed by atoms with E-state index in [2.05, 4.69) is 30.2 Å². The first kappa shape index (κ1) is 25.1. The molecule has 0 bridgehead atoms. The van der Waals surface area contributed by atoms with Gasteiger partial charge >= 0.3 is 11.9 Å². The summed E-state index contributed by atoms with van der Waals surface area (Å²) in [4.78, 5) is 79.2. The fraction of sp³-hybridized carbons (Fsp3) is 0.261. The van der Waals surface area contributed by atoms with E-state index in [9.17, 15) is 24.0 Å². The Hall–Kier alpha value is -5.01. The van der Waals surface area contributed by atoms with Gasteiger partial charge in [0, 0.05) is 31.5 Å². The van der Waals surface area contributed by atoms with Crippen molar-refractivity contribution < 1.29 is 29.0 Å². The number of hydrogen-bond acceptors (Lipinski definition) is 10. The maximum Gasteiger partial charge on any atom is 0.337 e. The first-order chi connectivity index (χ1) is 17.6. The Bertz CT molecular complexity index is 1500. The summed E-state index contributed by atoms with van der Waals surface area (Å²) in [7, 11) is 0. The summed E-state index contributed by atoms with van der Waals surface area (Å²) in [5, 5.41) is 11.2. The largest absolute Gasteiger partial charge is 0.481 e. The molecule has 1 aliphatic heterocycles. The average Bonchev–Trinajstić information content (AvgIpc) is 3.21. The summed E-state index contributed by atoms with van der Waals surface area (Å²) >= 11 is 0. The maximum atomic E-state index is 12.4. The van der Waals surface area contributed by atoms with Gasteiger partial charge in [0.1, 0.15) is 0 Å². The molecule has 1 aliphatic rings. The fourth-order valence-electron chi connectivity index (χ4n) is 3.55. The second-order valence-corrected chi connectivity index (χ2v) is 8.08. The van der Waals surface area contributed by atoms with Gasteiger partial charge in [-0.15, -0.1) is 0 Å². The van der Waals surface area contributed by atoms with Gasteiger partial charge in [0.25, 0.3) is 5.56 Å². The number of fused-ring (bicyclic) bond motifs is 1. The Balaban J connectivity index is 1.54. The molecule has 1 unspecified atom stereocenters. The van der Waals surface area contributed by atoms with Crippen molar-refractivity contribution in [2.75, 3.05) is 10.2 Å². The summed E-state index contributed by atoms with van der Waals surface area (Å²) in [6.07, 6.45) is 1.20. The number of amides is 2. The minimum Gasteiger partial charge on any atom is -0.481 e. The van der Waals surface area contributed by atoms with Gasteiger partial charge in [-0.2, -0.15) is 4.98 Å². The van der Waals surface area contributed by atoms with Crippen molar-refractivity contribution in [3.05, 3.63) is 52.1 Å². The topological polar surface area (TPSA) is 197 Å². The highest BCUT2D eigenvalue weighted by atomic mass is 16.6. The van der Waals surface area contributed by atoms with Crippen LogP contribution in [0.4, 0.5) is 11.6 Å². The summed E-state index contributed by atoms with van der Waals surface area (Å²) in [6, 6.07) is 5.60. The highest BCUT2D eigenvalue weighted by Gasteiger charge is 2.30. The van der Waals surface area contributed by atoms with Gasteiger partial charge in [-0.25, -0.2) is 19.8 Å². The van der Waals surface area contributed by atoms with Crippen LogP contribution in [0.15, 0.2) is 40.2 Å². The zero-order chi connectivity index (χ0) is 26.7. The van der Waals surface area contributed by atoms with Crippen molar-refractivity contribution in [1.82, 2.24) is 19.9 Å². The number of aromatic nitrogens is 4. The van der Waals surface area contributed by atoms with E-state index in [0.29, 0.717) is 16.9 Å². The van der Waals surface area contributed by atoms with E-state index in [1.807, 2.05) is 0 Å². The third-order valence-corrected chi connectivity index (χ3v) is 5.26. The van der Waals surface area contributed by atoms with Crippen molar-refractivity contribution in [2.45, 2.75) is 39.3 Å². The Morgan fingerprint density at radius 3 is 2.51 bits per heavy atom. The third-order valence-electron chi connectivity index (χ3n) is 5.26. The number of nitrogens with zero attached hydrogens (tertiary/aromatic N) is 5. The lowest BCUT2D eigenvalue weighted by molar-refractivity contribution is -0.138. The molecule has 3 aromatic rings. The molecule has 190 valence electrons. The number of cyclic esters (lactones) is 1. The molecule has 4 rings (SSSR count). The molecule has 2 amide bonds. The van der Waals surface area contributed by atoms with Crippen LogP contribution in [-0.4, -0.2) is 60.7 Å². The predicted molar refractivity (Wildman–Crippen MR) is 129 cm³/mol. The highest BCUT2D eigenvalue weighted by Crippen LogP contribution is 2.22. The van der Waals surface area contributed by atoms with Gasteiger partial charge in [0.2, 0.25) is 23.7 Å². The quantitative estimate of drug-likeness (QED) is 0.366. The number of H-pyrrole nitrogens is 1. The van der Waals surface area contributed by atoms with E-state index >= 15 is 0 Å². The SMILES string of the molecule is CC(=O)Nc1nc2ncc(CN(C(C)=O)c3ccc(C4=NC(CCC(=O)O)C(=O)O4)cc3)nc2c(=O)[nH]1. The number of aromatic amines is 1. The second kappa shape index (κ2) is 10.3. The van der Waals surface area contributed by atoms with Crippen LogP contribution in [0.2, 0.25) is 0 Å². The van der Waals surface area contributed by atoms with E-state index in [-0.39, 0.29) is 48.3 Å². The molecule has 0 saturated carbocycles. The number of benzene rings is 1. The summed E-state index contributed by atoms with van der Waals surface area (Å²) < 4.78 is 5.18. The summed E-state index contributed by atoms with van der Waals surface area (Å²) in [5.41, 5.74) is 0.680. The smallest absolute Gasteiger partial charge is 0.337 e. The number of carboxylic acids is 1. The van der Waals surface area contributed by atoms with E-state index in [4.69, 9.17) is 9.84 Å². The fourth-order valence-corrected chi connectivity index (χ4v) is 3.55. The number of rotatable bonds is 8. The van der Waals surface area contributed by atoms with Crippen molar-refractivity contribution in [2.24, 2.45) is 4.99 Å². The number of nitrogens with one attached hydrogen (secondary N) is 2. The van der Waals surface area contributed by atoms with Gasteiger partial charge in [0.15, 0.2) is 17.2 Å². The molecule has 14 heteroatoms. The molecule has 2 aromatic heterocycles. The van der Waals surface area contributed by atoms with E-state index in [0.717, 1.165) is 0 Å². The van der Waals surface area contributed by atoms with Crippen LogP contribution in [0.1, 0.15) is 37.9 Å². The van der Waals surface area contributed by atoms with Gasteiger partial charge in [0.05, 0.1) is 18.4 Å². The molecule has 3 heterocycles.